The monoisotopic (exact) mass is 373 g/mol. The van der Waals surface area contributed by atoms with Gasteiger partial charge in [0.15, 0.2) is 11.9 Å². The van der Waals surface area contributed by atoms with Crippen LogP contribution in [0.3, 0.4) is 0 Å². The molecule has 0 unspecified atom stereocenters. The van der Waals surface area contributed by atoms with E-state index in [9.17, 15) is 0 Å². The summed E-state index contributed by atoms with van der Waals surface area (Å²) in [6.07, 6.45) is 1.83. The van der Waals surface area contributed by atoms with E-state index in [4.69, 9.17) is 26.9 Å². The molecule has 0 aliphatic carbocycles. The number of hydrogen-bond acceptors (Lipinski definition) is 5. The van der Waals surface area contributed by atoms with Gasteiger partial charge in [0.1, 0.15) is 5.75 Å². The molecule has 0 saturated heterocycles. The first kappa shape index (κ1) is 16.3. The predicted octanol–water partition coefficient (Wildman–Crippen LogP) is 4.08. The average molecular weight is 374 g/mol. The largest absolute Gasteiger partial charge is 0.467 e. The maximum atomic E-state index is 6.21. The molecule has 4 rings (SSSR count). The fourth-order valence-corrected chi connectivity index (χ4v) is 3.86. The van der Waals surface area contributed by atoms with E-state index in [1.807, 2.05) is 48.7 Å². The van der Waals surface area contributed by atoms with Gasteiger partial charge in [0.2, 0.25) is 0 Å². The quantitative estimate of drug-likeness (QED) is 0.551. The van der Waals surface area contributed by atoms with Crippen LogP contribution in [0.25, 0.3) is 11.3 Å². The second-order valence-electron chi connectivity index (χ2n) is 5.63. The molecular formula is C18H16ClN3O2S. The number of nitrogen functional groups attached to an aromatic ring is 1. The van der Waals surface area contributed by atoms with Crippen molar-refractivity contribution in [2.45, 2.75) is 17.5 Å². The molecule has 0 bridgehead atoms. The minimum atomic E-state index is 0.260. The first-order valence-electron chi connectivity index (χ1n) is 7.75. The molecule has 1 aliphatic heterocycles. The van der Waals surface area contributed by atoms with E-state index in [1.165, 1.54) is 0 Å². The van der Waals surface area contributed by atoms with Gasteiger partial charge >= 0.3 is 0 Å². The number of thioether (sulfide) groups is 1. The summed E-state index contributed by atoms with van der Waals surface area (Å²) >= 11 is 7.76. The topological polar surface area (TPSA) is 62.3 Å². The summed E-state index contributed by atoms with van der Waals surface area (Å²) < 4.78 is 12.5. The lowest BCUT2D eigenvalue weighted by molar-refractivity contribution is -0.0168. The Kier molecular flexibility index (Phi) is 4.57. The van der Waals surface area contributed by atoms with Gasteiger partial charge in [0.25, 0.3) is 0 Å². The lowest BCUT2D eigenvalue weighted by atomic mass is 10.1. The van der Waals surface area contributed by atoms with Gasteiger partial charge in [-0.3, -0.25) is 0 Å². The van der Waals surface area contributed by atoms with Gasteiger partial charge in [0, 0.05) is 27.5 Å². The van der Waals surface area contributed by atoms with Crippen LogP contribution < -0.4 is 10.6 Å². The maximum absolute atomic E-state index is 6.21. The molecule has 2 heterocycles. The number of aromatic nitrogens is 2. The number of hydrogen-bond donors (Lipinski definition) is 1. The van der Waals surface area contributed by atoms with E-state index in [0.717, 1.165) is 33.3 Å². The van der Waals surface area contributed by atoms with Crippen LogP contribution in [-0.4, -0.2) is 16.5 Å². The van der Waals surface area contributed by atoms with Crippen LogP contribution in [0.5, 0.6) is 5.75 Å². The summed E-state index contributed by atoms with van der Waals surface area (Å²) in [6, 6.07) is 13.8. The van der Waals surface area contributed by atoms with Crippen LogP contribution in [0.2, 0.25) is 5.02 Å². The highest BCUT2D eigenvalue weighted by Crippen LogP contribution is 2.35. The van der Waals surface area contributed by atoms with Crippen molar-refractivity contribution in [2.75, 3.05) is 12.6 Å². The van der Waals surface area contributed by atoms with Crippen molar-refractivity contribution in [3.63, 3.8) is 0 Å². The number of benzene rings is 2. The van der Waals surface area contributed by atoms with Crippen molar-refractivity contribution in [1.29, 1.82) is 0 Å². The van der Waals surface area contributed by atoms with Gasteiger partial charge < -0.3 is 15.3 Å². The third kappa shape index (κ3) is 3.46. The van der Waals surface area contributed by atoms with Gasteiger partial charge in [-0.25, -0.2) is 9.66 Å². The van der Waals surface area contributed by atoms with Crippen molar-refractivity contribution < 1.29 is 9.47 Å². The fourth-order valence-electron chi connectivity index (χ4n) is 2.74. The molecule has 0 fully saturated rings. The van der Waals surface area contributed by atoms with E-state index in [-0.39, 0.29) is 6.79 Å². The van der Waals surface area contributed by atoms with Crippen LogP contribution in [0.1, 0.15) is 11.1 Å². The third-order valence-corrected chi connectivity index (χ3v) is 5.11. The molecule has 0 radical (unpaired) electrons. The van der Waals surface area contributed by atoms with E-state index >= 15 is 0 Å². The van der Waals surface area contributed by atoms with Crippen LogP contribution in [-0.2, 0) is 17.1 Å². The Labute approximate surface area is 154 Å². The van der Waals surface area contributed by atoms with Crippen molar-refractivity contribution in [2.24, 2.45) is 0 Å². The predicted molar refractivity (Wildman–Crippen MR) is 99.1 cm³/mol. The number of imidazole rings is 1. The van der Waals surface area contributed by atoms with Crippen molar-refractivity contribution in [3.8, 4) is 17.0 Å². The number of nitrogens with zero attached hydrogens (tertiary/aromatic N) is 2. The highest BCUT2D eigenvalue weighted by molar-refractivity contribution is 7.98. The van der Waals surface area contributed by atoms with Gasteiger partial charge in [0.05, 0.1) is 18.5 Å². The number of nitrogens with two attached hydrogens (primary N) is 1. The smallest absolute Gasteiger partial charge is 0.189 e. The average Bonchev–Trinajstić information content (AvgIpc) is 3.01. The molecule has 0 amide bonds. The molecule has 2 aromatic carbocycles. The molecule has 5 nitrogen and oxygen atoms in total. The first-order chi connectivity index (χ1) is 12.2. The SMILES string of the molecule is Nn1cc(-c2ccccc2)nc1SCc1cc(Cl)cc2c1OCOC2. The molecule has 3 aromatic rings. The lowest BCUT2D eigenvalue weighted by Crippen LogP contribution is -2.13. The van der Waals surface area contributed by atoms with Crippen LogP contribution >= 0.6 is 23.4 Å². The summed E-state index contributed by atoms with van der Waals surface area (Å²) in [6.45, 7) is 0.771. The second kappa shape index (κ2) is 7.00. The summed E-state index contributed by atoms with van der Waals surface area (Å²) in [5.41, 5.74) is 3.87. The van der Waals surface area contributed by atoms with Crippen LogP contribution in [0.4, 0.5) is 0 Å². The summed E-state index contributed by atoms with van der Waals surface area (Å²) in [4.78, 5) is 4.63. The number of rotatable bonds is 4. The van der Waals surface area contributed by atoms with Gasteiger partial charge in [-0.15, -0.1) is 0 Å². The third-order valence-electron chi connectivity index (χ3n) is 3.88. The minimum Gasteiger partial charge on any atom is -0.467 e. The van der Waals surface area contributed by atoms with E-state index in [2.05, 4.69) is 4.98 Å². The maximum Gasteiger partial charge on any atom is 0.189 e. The Morgan fingerprint density at radius 3 is 2.92 bits per heavy atom. The highest BCUT2D eigenvalue weighted by atomic mass is 35.5. The van der Waals surface area contributed by atoms with Gasteiger partial charge in [-0.2, -0.15) is 0 Å². The van der Waals surface area contributed by atoms with Crippen LogP contribution in [0, 0.1) is 0 Å². The molecule has 25 heavy (non-hydrogen) atoms. The summed E-state index contributed by atoms with van der Waals surface area (Å²) in [5, 5.41) is 1.41. The van der Waals surface area contributed by atoms with Gasteiger partial charge in [-0.1, -0.05) is 53.7 Å². The zero-order valence-corrected chi connectivity index (χ0v) is 14.9. The van der Waals surface area contributed by atoms with Crippen molar-refractivity contribution in [3.05, 3.63) is 64.8 Å². The molecule has 1 aliphatic rings. The number of halogens is 1. The Bertz CT molecular complexity index is 899. The van der Waals surface area contributed by atoms with Crippen LogP contribution in [0.15, 0.2) is 53.8 Å². The Morgan fingerprint density at radius 2 is 2.08 bits per heavy atom. The van der Waals surface area contributed by atoms with E-state index < -0.39 is 0 Å². The van der Waals surface area contributed by atoms with Crippen molar-refractivity contribution >= 4 is 23.4 Å². The van der Waals surface area contributed by atoms with E-state index in [0.29, 0.717) is 17.4 Å². The number of fused-ring (bicyclic) bond motifs is 1. The Hall–Kier alpha value is -2.15. The molecule has 7 heteroatoms. The van der Waals surface area contributed by atoms with Crippen molar-refractivity contribution in [1.82, 2.24) is 9.66 Å². The molecule has 128 valence electrons. The number of ether oxygens (including phenoxy) is 2. The second-order valence-corrected chi connectivity index (χ2v) is 7.01. The lowest BCUT2D eigenvalue weighted by Gasteiger charge is -2.20. The first-order valence-corrected chi connectivity index (χ1v) is 9.11. The zero-order chi connectivity index (χ0) is 17.2. The Morgan fingerprint density at radius 1 is 1.24 bits per heavy atom. The normalized spacial score (nSPS) is 13.3. The Balaban J connectivity index is 1.56. The molecule has 2 N–H and O–H groups in total. The zero-order valence-electron chi connectivity index (χ0n) is 13.3. The fraction of sp³-hybridized carbons (Fsp3) is 0.167. The van der Waals surface area contributed by atoms with Gasteiger partial charge in [-0.05, 0) is 12.1 Å². The minimum absolute atomic E-state index is 0.260. The standard InChI is InChI=1S/C18H16ClN3O2S/c19-15-6-13-9-23-11-24-17(13)14(7-15)10-25-18-21-16(8-22(18)20)12-4-2-1-3-5-12/h1-8H,9-11,20H2. The molecule has 0 spiro atoms. The molecule has 0 atom stereocenters. The summed E-state index contributed by atoms with van der Waals surface area (Å²) in [7, 11) is 0. The highest BCUT2D eigenvalue weighted by Gasteiger charge is 2.17. The summed E-state index contributed by atoms with van der Waals surface area (Å²) in [5.74, 6) is 7.57. The molecular weight excluding hydrogens is 358 g/mol. The molecule has 1 aromatic heterocycles. The molecule has 0 saturated carbocycles. The van der Waals surface area contributed by atoms with E-state index in [1.54, 1.807) is 16.4 Å².